The van der Waals surface area contributed by atoms with Crippen LogP contribution in [0, 0.1) is 5.82 Å². The summed E-state index contributed by atoms with van der Waals surface area (Å²) in [5, 5.41) is 17.9. The first-order valence-corrected chi connectivity index (χ1v) is 8.44. The molecule has 2 aromatic carbocycles. The molecule has 0 saturated heterocycles. The highest BCUT2D eigenvalue weighted by Crippen LogP contribution is 2.36. The van der Waals surface area contributed by atoms with Gasteiger partial charge in [-0.25, -0.2) is 9.07 Å². The van der Waals surface area contributed by atoms with Crippen molar-refractivity contribution < 1.29 is 9.50 Å². The van der Waals surface area contributed by atoms with Crippen molar-refractivity contribution in [2.75, 3.05) is 6.61 Å². The van der Waals surface area contributed by atoms with Crippen LogP contribution in [0.25, 0.3) is 5.69 Å². The van der Waals surface area contributed by atoms with Crippen molar-refractivity contribution in [3.05, 3.63) is 83.4 Å². The van der Waals surface area contributed by atoms with E-state index in [-0.39, 0.29) is 12.4 Å². The number of fused-ring (bicyclic) bond motifs is 1. The summed E-state index contributed by atoms with van der Waals surface area (Å²) in [5.41, 5.74) is 3.92. The average Bonchev–Trinajstić information content (AvgIpc) is 3.26. The first-order chi connectivity index (χ1) is 12.2. The molecule has 1 aliphatic rings. The molecule has 0 saturated carbocycles. The number of aliphatic hydroxyl groups is 1. The molecule has 1 aromatic heterocycles. The van der Waals surface area contributed by atoms with Crippen LogP contribution in [0.15, 0.2) is 60.9 Å². The molecule has 0 aliphatic heterocycles. The van der Waals surface area contributed by atoms with E-state index in [0.717, 1.165) is 24.1 Å². The fourth-order valence-corrected chi connectivity index (χ4v) is 3.55. The first kappa shape index (κ1) is 16.0. The molecule has 1 unspecified atom stereocenters. The van der Waals surface area contributed by atoms with Crippen LogP contribution in [-0.2, 0) is 18.5 Å². The number of nitrogens with one attached hydrogen (secondary N) is 1. The van der Waals surface area contributed by atoms with Crippen molar-refractivity contribution in [1.82, 2.24) is 15.1 Å². The largest absolute Gasteiger partial charge is 0.394 e. The lowest BCUT2D eigenvalue weighted by Gasteiger charge is -2.29. The number of aryl methyl sites for hydroxylation is 1. The first-order valence-electron chi connectivity index (χ1n) is 8.44. The van der Waals surface area contributed by atoms with Crippen LogP contribution in [0.5, 0.6) is 0 Å². The van der Waals surface area contributed by atoms with Crippen LogP contribution in [-0.4, -0.2) is 21.5 Å². The Kier molecular flexibility index (Phi) is 4.11. The molecule has 25 heavy (non-hydrogen) atoms. The van der Waals surface area contributed by atoms with Gasteiger partial charge >= 0.3 is 0 Å². The highest BCUT2D eigenvalue weighted by atomic mass is 19.1. The monoisotopic (exact) mass is 337 g/mol. The standard InChI is InChI=1S/C20H20FN3O/c21-17-5-7-18(8-6-17)24-13-15(12-23-24)11-22-20(14-25)10-9-16-3-1-2-4-19(16)20/h1-8,12-13,22,25H,9-11,14H2. The van der Waals surface area contributed by atoms with Gasteiger partial charge in [-0.05, 0) is 48.2 Å². The Morgan fingerprint density at radius 2 is 1.96 bits per heavy atom. The van der Waals surface area contributed by atoms with Gasteiger partial charge in [0.2, 0.25) is 0 Å². The van der Waals surface area contributed by atoms with Crippen LogP contribution < -0.4 is 5.32 Å². The smallest absolute Gasteiger partial charge is 0.123 e. The van der Waals surface area contributed by atoms with Crippen LogP contribution in [0.4, 0.5) is 4.39 Å². The zero-order chi connectivity index (χ0) is 17.3. The van der Waals surface area contributed by atoms with Gasteiger partial charge in [0.25, 0.3) is 0 Å². The van der Waals surface area contributed by atoms with Crippen LogP contribution >= 0.6 is 0 Å². The molecule has 1 aliphatic carbocycles. The molecule has 5 heteroatoms. The molecule has 0 spiro atoms. The van der Waals surface area contributed by atoms with Crippen molar-refractivity contribution in [2.45, 2.75) is 24.9 Å². The molecule has 2 N–H and O–H groups in total. The quantitative estimate of drug-likeness (QED) is 0.753. The van der Waals surface area contributed by atoms with Gasteiger partial charge in [-0.1, -0.05) is 24.3 Å². The van der Waals surface area contributed by atoms with E-state index >= 15 is 0 Å². The minimum absolute atomic E-state index is 0.0656. The Hall–Kier alpha value is -2.50. The number of hydrogen-bond acceptors (Lipinski definition) is 3. The average molecular weight is 337 g/mol. The molecule has 1 heterocycles. The molecule has 4 rings (SSSR count). The number of benzene rings is 2. The fraction of sp³-hybridized carbons (Fsp3) is 0.250. The second-order valence-corrected chi connectivity index (χ2v) is 6.52. The molecule has 128 valence electrons. The SMILES string of the molecule is OCC1(NCc2cnn(-c3ccc(F)cc3)c2)CCc2ccccc21. The van der Waals surface area contributed by atoms with E-state index < -0.39 is 5.54 Å². The number of rotatable bonds is 5. The molecule has 3 aromatic rings. The van der Waals surface area contributed by atoms with Gasteiger partial charge in [0, 0.05) is 18.3 Å². The summed E-state index contributed by atoms with van der Waals surface area (Å²) in [6, 6.07) is 14.5. The van der Waals surface area contributed by atoms with Gasteiger partial charge in [-0.15, -0.1) is 0 Å². The topological polar surface area (TPSA) is 50.1 Å². The normalized spacial score (nSPS) is 19.1. The predicted molar refractivity (Wildman–Crippen MR) is 93.9 cm³/mol. The van der Waals surface area contributed by atoms with Crippen molar-refractivity contribution in [3.63, 3.8) is 0 Å². The molecule has 0 radical (unpaired) electrons. The van der Waals surface area contributed by atoms with E-state index in [0.29, 0.717) is 6.54 Å². The minimum atomic E-state index is -0.394. The van der Waals surface area contributed by atoms with E-state index in [4.69, 9.17) is 0 Å². The van der Waals surface area contributed by atoms with E-state index in [1.807, 2.05) is 18.3 Å². The van der Waals surface area contributed by atoms with E-state index in [9.17, 15) is 9.50 Å². The summed E-state index contributed by atoms with van der Waals surface area (Å²) in [7, 11) is 0. The van der Waals surface area contributed by atoms with E-state index in [1.54, 1.807) is 23.0 Å². The van der Waals surface area contributed by atoms with Gasteiger partial charge < -0.3 is 10.4 Å². The summed E-state index contributed by atoms with van der Waals surface area (Å²) in [6.07, 6.45) is 5.57. The molecule has 4 nitrogen and oxygen atoms in total. The summed E-state index contributed by atoms with van der Waals surface area (Å²) in [4.78, 5) is 0. The van der Waals surface area contributed by atoms with Gasteiger partial charge in [-0.2, -0.15) is 5.10 Å². The zero-order valence-corrected chi connectivity index (χ0v) is 13.8. The number of hydrogen-bond donors (Lipinski definition) is 2. The molecule has 0 bridgehead atoms. The maximum absolute atomic E-state index is 13.0. The lowest BCUT2D eigenvalue weighted by atomic mass is 9.92. The molecule has 1 atom stereocenters. The maximum Gasteiger partial charge on any atom is 0.123 e. The van der Waals surface area contributed by atoms with Crippen molar-refractivity contribution in [3.8, 4) is 5.69 Å². The van der Waals surface area contributed by atoms with Crippen LogP contribution in [0.2, 0.25) is 0 Å². The second-order valence-electron chi connectivity index (χ2n) is 6.52. The number of aliphatic hydroxyl groups excluding tert-OH is 1. The van der Waals surface area contributed by atoms with Crippen LogP contribution in [0.3, 0.4) is 0 Å². The lowest BCUT2D eigenvalue weighted by Crippen LogP contribution is -2.43. The lowest BCUT2D eigenvalue weighted by molar-refractivity contribution is 0.159. The Morgan fingerprint density at radius 3 is 2.76 bits per heavy atom. The highest BCUT2D eigenvalue weighted by Gasteiger charge is 2.37. The van der Waals surface area contributed by atoms with Crippen molar-refractivity contribution in [2.24, 2.45) is 0 Å². The Bertz CT molecular complexity index is 875. The number of aromatic nitrogens is 2. The predicted octanol–water partition coefficient (Wildman–Crippen LogP) is 2.94. The number of halogens is 1. The van der Waals surface area contributed by atoms with E-state index in [1.165, 1.54) is 23.3 Å². The number of nitrogens with zero attached hydrogens (tertiary/aromatic N) is 2. The molecular formula is C20H20FN3O. The highest BCUT2D eigenvalue weighted by molar-refractivity contribution is 5.39. The third-order valence-electron chi connectivity index (χ3n) is 4.98. The molecule has 0 fully saturated rings. The zero-order valence-electron chi connectivity index (χ0n) is 13.8. The summed E-state index contributed by atoms with van der Waals surface area (Å²) in [6.45, 7) is 0.673. The Morgan fingerprint density at radius 1 is 1.16 bits per heavy atom. The summed E-state index contributed by atoms with van der Waals surface area (Å²) < 4.78 is 14.8. The Balaban J connectivity index is 1.51. The summed E-state index contributed by atoms with van der Waals surface area (Å²) in [5.74, 6) is -0.261. The van der Waals surface area contributed by atoms with Crippen LogP contribution in [0.1, 0.15) is 23.1 Å². The fourth-order valence-electron chi connectivity index (χ4n) is 3.55. The second kappa shape index (κ2) is 6.43. The maximum atomic E-state index is 13.0. The molecular weight excluding hydrogens is 317 g/mol. The van der Waals surface area contributed by atoms with Crippen molar-refractivity contribution >= 4 is 0 Å². The van der Waals surface area contributed by atoms with Gasteiger partial charge in [0.05, 0.1) is 24.0 Å². The van der Waals surface area contributed by atoms with Gasteiger partial charge in [0.1, 0.15) is 5.82 Å². The van der Waals surface area contributed by atoms with Gasteiger partial charge in [-0.3, -0.25) is 0 Å². The van der Waals surface area contributed by atoms with Crippen molar-refractivity contribution in [1.29, 1.82) is 0 Å². The third-order valence-corrected chi connectivity index (χ3v) is 4.98. The van der Waals surface area contributed by atoms with E-state index in [2.05, 4.69) is 22.5 Å². The molecule has 0 amide bonds. The third kappa shape index (κ3) is 2.97. The Labute approximate surface area is 145 Å². The van der Waals surface area contributed by atoms with Gasteiger partial charge in [0.15, 0.2) is 0 Å². The minimum Gasteiger partial charge on any atom is -0.394 e. The summed E-state index contributed by atoms with van der Waals surface area (Å²) >= 11 is 0.